The third-order valence-electron chi connectivity index (χ3n) is 2.47. The first-order valence-corrected chi connectivity index (χ1v) is 6.80. The molecule has 5 heteroatoms. The largest absolute Gasteiger partial charge is 0.486 e. The Balaban J connectivity index is 2.10. The molecule has 0 fully saturated rings. The number of rotatable bonds is 5. The fraction of sp³-hybridized carbons (Fsp3) is 0.214. The summed E-state index contributed by atoms with van der Waals surface area (Å²) in [7, 11) is 0. The minimum absolute atomic E-state index is 0.342. The standard InChI is InChI=1S/C14H15NO3S/c1-2-17-14(16)10-5-6-12(15)13(8-10)18-9-11-4-3-7-19-11/h3-8H,2,9,15H2,1H3. The Labute approximate surface area is 115 Å². The molecule has 0 aliphatic heterocycles. The number of esters is 1. The summed E-state index contributed by atoms with van der Waals surface area (Å²) >= 11 is 1.61. The first-order chi connectivity index (χ1) is 9.20. The van der Waals surface area contributed by atoms with Crippen LogP contribution in [-0.2, 0) is 11.3 Å². The summed E-state index contributed by atoms with van der Waals surface area (Å²) < 4.78 is 10.6. The first-order valence-electron chi connectivity index (χ1n) is 5.92. The molecule has 0 aliphatic carbocycles. The third kappa shape index (κ3) is 3.48. The predicted octanol–water partition coefficient (Wildman–Crippen LogP) is 3.09. The quantitative estimate of drug-likeness (QED) is 0.674. The Kier molecular flexibility index (Phi) is 4.41. The molecule has 4 nitrogen and oxygen atoms in total. The van der Waals surface area contributed by atoms with Crippen molar-refractivity contribution in [2.24, 2.45) is 0 Å². The van der Waals surface area contributed by atoms with Crippen molar-refractivity contribution in [1.82, 2.24) is 0 Å². The van der Waals surface area contributed by atoms with E-state index in [1.807, 2.05) is 17.5 Å². The molecule has 0 saturated heterocycles. The number of nitrogens with two attached hydrogens (primary N) is 1. The third-order valence-corrected chi connectivity index (χ3v) is 3.32. The molecular formula is C14H15NO3S. The molecule has 0 aliphatic rings. The van der Waals surface area contributed by atoms with E-state index in [0.717, 1.165) is 4.88 Å². The highest BCUT2D eigenvalue weighted by Crippen LogP contribution is 2.25. The van der Waals surface area contributed by atoms with Gasteiger partial charge in [0.15, 0.2) is 0 Å². The van der Waals surface area contributed by atoms with Crippen molar-refractivity contribution in [2.45, 2.75) is 13.5 Å². The maximum Gasteiger partial charge on any atom is 0.338 e. The summed E-state index contributed by atoms with van der Waals surface area (Å²) in [5.74, 6) is 0.127. The Hall–Kier alpha value is -2.01. The number of thiophene rings is 1. The summed E-state index contributed by atoms with van der Waals surface area (Å²) in [5.41, 5.74) is 6.78. The van der Waals surface area contributed by atoms with Gasteiger partial charge < -0.3 is 15.2 Å². The molecule has 100 valence electrons. The van der Waals surface area contributed by atoms with Crippen molar-refractivity contribution in [3.05, 3.63) is 46.2 Å². The SMILES string of the molecule is CCOC(=O)c1ccc(N)c(OCc2cccs2)c1. The number of carbonyl (C=O) groups excluding carboxylic acids is 1. The van der Waals surface area contributed by atoms with E-state index in [4.69, 9.17) is 15.2 Å². The summed E-state index contributed by atoms with van der Waals surface area (Å²) in [6.07, 6.45) is 0. The van der Waals surface area contributed by atoms with E-state index in [-0.39, 0.29) is 5.97 Å². The second-order valence-electron chi connectivity index (χ2n) is 3.84. The summed E-state index contributed by atoms with van der Waals surface area (Å²) in [6.45, 7) is 2.55. The zero-order valence-corrected chi connectivity index (χ0v) is 11.4. The number of hydrogen-bond donors (Lipinski definition) is 1. The number of nitrogen functional groups attached to an aromatic ring is 1. The van der Waals surface area contributed by atoms with Crippen LogP contribution in [0.25, 0.3) is 0 Å². The molecule has 2 rings (SSSR count). The predicted molar refractivity (Wildman–Crippen MR) is 75.5 cm³/mol. The lowest BCUT2D eigenvalue weighted by Gasteiger charge is -2.09. The zero-order chi connectivity index (χ0) is 13.7. The van der Waals surface area contributed by atoms with E-state index in [0.29, 0.717) is 30.2 Å². The fourth-order valence-corrected chi connectivity index (χ4v) is 2.16. The van der Waals surface area contributed by atoms with Gasteiger partial charge in [0.2, 0.25) is 0 Å². The molecule has 1 aromatic heterocycles. The molecule has 0 unspecified atom stereocenters. The lowest BCUT2D eigenvalue weighted by atomic mass is 10.2. The maximum absolute atomic E-state index is 11.6. The van der Waals surface area contributed by atoms with Gasteiger partial charge in [-0.3, -0.25) is 0 Å². The second-order valence-corrected chi connectivity index (χ2v) is 4.87. The number of carbonyl (C=O) groups is 1. The van der Waals surface area contributed by atoms with Crippen LogP contribution < -0.4 is 10.5 Å². The molecule has 2 aromatic rings. The monoisotopic (exact) mass is 277 g/mol. The molecule has 1 aromatic carbocycles. The van der Waals surface area contributed by atoms with Crippen molar-refractivity contribution in [3.63, 3.8) is 0 Å². The van der Waals surface area contributed by atoms with Crippen LogP contribution in [-0.4, -0.2) is 12.6 Å². The molecule has 0 radical (unpaired) electrons. The smallest absolute Gasteiger partial charge is 0.338 e. The van der Waals surface area contributed by atoms with Gasteiger partial charge in [-0.05, 0) is 36.6 Å². The molecule has 0 bridgehead atoms. The van der Waals surface area contributed by atoms with Crippen LogP contribution in [0.5, 0.6) is 5.75 Å². The second kappa shape index (κ2) is 6.24. The Bertz CT molecular complexity index is 552. The van der Waals surface area contributed by atoms with Crippen LogP contribution in [0.3, 0.4) is 0 Å². The van der Waals surface area contributed by atoms with Gasteiger partial charge in [-0.1, -0.05) is 6.07 Å². The van der Waals surface area contributed by atoms with E-state index in [2.05, 4.69) is 0 Å². The molecular weight excluding hydrogens is 262 g/mol. The van der Waals surface area contributed by atoms with Crippen molar-refractivity contribution in [2.75, 3.05) is 12.3 Å². The van der Waals surface area contributed by atoms with Crippen LogP contribution in [0.1, 0.15) is 22.2 Å². The first kappa shape index (κ1) is 13.4. The van der Waals surface area contributed by atoms with E-state index < -0.39 is 0 Å². The highest BCUT2D eigenvalue weighted by molar-refractivity contribution is 7.09. The van der Waals surface area contributed by atoms with Crippen molar-refractivity contribution < 1.29 is 14.3 Å². The van der Waals surface area contributed by atoms with Gasteiger partial charge in [0, 0.05) is 4.88 Å². The van der Waals surface area contributed by atoms with E-state index in [9.17, 15) is 4.79 Å². The van der Waals surface area contributed by atoms with Gasteiger partial charge in [0.1, 0.15) is 12.4 Å². The van der Waals surface area contributed by atoms with Crippen molar-refractivity contribution in [1.29, 1.82) is 0 Å². The highest BCUT2D eigenvalue weighted by Gasteiger charge is 2.10. The number of anilines is 1. The van der Waals surface area contributed by atoms with Crippen molar-refractivity contribution in [3.8, 4) is 5.75 Å². The van der Waals surface area contributed by atoms with Gasteiger partial charge in [-0.2, -0.15) is 0 Å². The molecule has 0 saturated carbocycles. The Morgan fingerprint density at radius 3 is 2.89 bits per heavy atom. The number of hydrogen-bond acceptors (Lipinski definition) is 5. The molecule has 0 spiro atoms. The van der Waals surface area contributed by atoms with E-state index in [1.54, 1.807) is 36.5 Å². The topological polar surface area (TPSA) is 61.5 Å². The van der Waals surface area contributed by atoms with Crippen LogP contribution in [0.4, 0.5) is 5.69 Å². The van der Waals surface area contributed by atoms with E-state index in [1.165, 1.54) is 0 Å². The van der Waals surface area contributed by atoms with Gasteiger partial charge in [-0.15, -0.1) is 11.3 Å². The number of ether oxygens (including phenoxy) is 2. The van der Waals surface area contributed by atoms with E-state index >= 15 is 0 Å². The van der Waals surface area contributed by atoms with Gasteiger partial charge in [0.25, 0.3) is 0 Å². The average molecular weight is 277 g/mol. The lowest BCUT2D eigenvalue weighted by Crippen LogP contribution is -2.06. The normalized spacial score (nSPS) is 10.2. The molecule has 2 N–H and O–H groups in total. The molecule has 1 heterocycles. The van der Waals surface area contributed by atoms with Gasteiger partial charge >= 0.3 is 5.97 Å². The molecule has 19 heavy (non-hydrogen) atoms. The number of benzene rings is 1. The fourth-order valence-electron chi connectivity index (χ4n) is 1.54. The minimum Gasteiger partial charge on any atom is -0.486 e. The van der Waals surface area contributed by atoms with Crippen molar-refractivity contribution >= 4 is 23.0 Å². The highest BCUT2D eigenvalue weighted by atomic mass is 32.1. The summed E-state index contributed by atoms with van der Waals surface area (Å²) in [6, 6.07) is 8.83. The van der Waals surface area contributed by atoms with Crippen LogP contribution in [0.2, 0.25) is 0 Å². The van der Waals surface area contributed by atoms with Crippen LogP contribution in [0, 0.1) is 0 Å². The molecule has 0 atom stereocenters. The lowest BCUT2D eigenvalue weighted by molar-refractivity contribution is 0.0526. The Morgan fingerprint density at radius 2 is 2.21 bits per heavy atom. The summed E-state index contributed by atoms with van der Waals surface area (Å²) in [5, 5.41) is 1.98. The van der Waals surface area contributed by atoms with Crippen LogP contribution in [0.15, 0.2) is 35.7 Å². The average Bonchev–Trinajstić information content (AvgIpc) is 2.91. The minimum atomic E-state index is -0.372. The van der Waals surface area contributed by atoms with Crippen LogP contribution >= 0.6 is 11.3 Å². The van der Waals surface area contributed by atoms with Gasteiger partial charge in [0.05, 0.1) is 17.9 Å². The maximum atomic E-state index is 11.6. The zero-order valence-electron chi connectivity index (χ0n) is 10.6. The summed E-state index contributed by atoms with van der Waals surface area (Å²) in [4.78, 5) is 12.7. The van der Waals surface area contributed by atoms with Gasteiger partial charge in [-0.25, -0.2) is 4.79 Å². The Morgan fingerprint density at radius 1 is 1.37 bits per heavy atom. The molecule has 0 amide bonds.